The molecule has 1 fully saturated rings. The third-order valence-corrected chi connectivity index (χ3v) is 6.42. The molecule has 2 aromatic carbocycles. The Hall–Kier alpha value is -1.19. The molecule has 0 radical (unpaired) electrons. The van der Waals surface area contributed by atoms with Crippen molar-refractivity contribution in [3.05, 3.63) is 40.0 Å². The molecule has 1 heterocycles. The molecule has 1 atom stereocenters. The quantitative estimate of drug-likeness (QED) is 0.731. The van der Waals surface area contributed by atoms with E-state index in [0.29, 0.717) is 15.4 Å². The van der Waals surface area contributed by atoms with Gasteiger partial charge < -0.3 is 5.32 Å². The fourth-order valence-electron chi connectivity index (χ4n) is 2.65. The molecular formula is C15H15IN2O3S. The number of amides is 1. The average Bonchev–Trinajstić information content (AvgIpc) is 3.00. The van der Waals surface area contributed by atoms with Crippen LogP contribution >= 0.6 is 22.6 Å². The molecule has 0 aromatic heterocycles. The fraction of sp³-hybridized carbons (Fsp3) is 0.267. The minimum Gasteiger partial charge on any atom is -0.306 e. The molecule has 3 rings (SSSR count). The summed E-state index contributed by atoms with van der Waals surface area (Å²) in [5.41, 5.74) is 0. The van der Waals surface area contributed by atoms with E-state index in [0.717, 1.165) is 18.4 Å². The van der Waals surface area contributed by atoms with Crippen LogP contribution in [0.15, 0.2) is 41.3 Å². The minimum absolute atomic E-state index is 0.164. The summed E-state index contributed by atoms with van der Waals surface area (Å²) in [6.45, 7) is 0.740. The first-order chi connectivity index (χ1) is 10.5. The molecule has 2 aromatic rings. The molecule has 0 spiro atoms. The Labute approximate surface area is 142 Å². The van der Waals surface area contributed by atoms with E-state index >= 15 is 0 Å². The number of rotatable bonds is 3. The largest absolute Gasteiger partial charge is 0.306 e. The topological polar surface area (TPSA) is 75.3 Å². The number of fused-ring (bicyclic) bond motifs is 1. The lowest BCUT2D eigenvalue weighted by molar-refractivity contribution is -0.121. The summed E-state index contributed by atoms with van der Waals surface area (Å²) in [5.74, 6) is -0.485. The second-order valence-corrected chi connectivity index (χ2v) is 8.00. The van der Waals surface area contributed by atoms with Gasteiger partial charge in [0.2, 0.25) is 0 Å². The molecular weight excluding hydrogens is 415 g/mol. The number of benzene rings is 2. The predicted molar refractivity (Wildman–Crippen MR) is 93.0 cm³/mol. The van der Waals surface area contributed by atoms with Crippen LogP contribution in [0.4, 0.5) is 0 Å². The first kappa shape index (κ1) is 15.7. The molecule has 1 saturated heterocycles. The highest BCUT2D eigenvalue weighted by molar-refractivity contribution is 14.1. The van der Waals surface area contributed by atoms with Crippen molar-refractivity contribution in [1.29, 1.82) is 0 Å². The van der Waals surface area contributed by atoms with Gasteiger partial charge in [-0.15, -0.1) is 0 Å². The predicted octanol–water partition coefficient (Wildman–Crippen LogP) is 2.00. The lowest BCUT2D eigenvalue weighted by Gasteiger charge is -2.14. The Kier molecular flexibility index (Phi) is 4.37. The van der Waals surface area contributed by atoms with Gasteiger partial charge in [-0.05, 0) is 53.4 Å². The lowest BCUT2D eigenvalue weighted by Crippen LogP contribution is -2.43. The van der Waals surface area contributed by atoms with E-state index < -0.39 is 22.0 Å². The lowest BCUT2D eigenvalue weighted by atomic mass is 10.1. The summed E-state index contributed by atoms with van der Waals surface area (Å²) >= 11 is 1.98. The van der Waals surface area contributed by atoms with Crippen molar-refractivity contribution >= 4 is 49.3 Å². The molecule has 0 bridgehead atoms. The number of halogens is 1. The van der Waals surface area contributed by atoms with Gasteiger partial charge in [0.05, 0.1) is 6.04 Å². The van der Waals surface area contributed by atoms with Crippen molar-refractivity contribution in [3.8, 4) is 0 Å². The molecule has 0 saturated carbocycles. The Morgan fingerprint density at radius 2 is 2.00 bits per heavy atom. The van der Waals surface area contributed by atoms with Crippen molar-refractivity contribution in [2.24, 2.45) is 0 Å². The SMILES string of the molecule is O=C(NS(=O)(=O)c1c(I)ccc2ccccc12)C1CCCN1. The summed E-state index contributed by atoms with van der Waals surface area (Å²) < 4.78 is 28.1. The summed E-state index contributed by atoms with van der Waals surface area (Å²) in [5, 5.41) is 4.45. The first-order valence-corrected chi connectivity index (χ1v) is 9.52. The van der Waals surface area contributed by atoms with E-state index in [1.54, 1.807) is 18.2 Å². The van der Waals surface area contributed by atoms with E-state index in [4.69, 9.17) is 0 Å². The van der Waals surface area contributed by atoms with Gasteiger partial charge in [-0.2, -0.15) is 0 Å². The minimum atomic E-state index is -3.90. The first-order valence-electron chi connectivity index (χ1n) is 6.96. The van der Waals surface area contributed by atoms with E-state index in [2.05, 4.69) is 10.0 Å². The molecule has 22 heavy (non-hydrogen) atoms. The van der Waals surface area contributed by atoms with Crippen LogP contribution in [0.1, 0.15) is 12.8 Å². The highest BCUT2D eigenvalue weighted by Crippen LogP contribution is 2.28. The van der Waals surface area contributed by atoms with E-state index in [9.17, 15) is 13.2 Å². The molecule has 1 aliphatic heterocycles. The number of hydrogen-bond acceptors (Lipinski definition) is 4. The number of carbonyl (C=O) groups excluding carboxylic acids is 1. The van der Waals surface area contributed by atoms with Gasteiger partial charge in [0.15, 0.2) is 0 Å². The van der Waals surface area contributed by atoms with Crippen LogP contribution in [0.5, 0.6) is 0 Å². The smallest absolute Gasteiger partial charge is 0.265 e. The van der Waals surface area contributed by atoms with E-state index in [-0.39, 0.29) is 4.90 Å². The number of carbonyl (C=O) groups is 1. The highest BCUT2D eigenvalue weighted by Gasteiger charge is 2.28. The zero-order valence-corrected chi connectivity index (χ0v) is 14.6. The molecule has 1 aliphatic rings. The van der Waals surface area contributed by atoms with Gasteiger partial charge in [-0.1, -0.05) is 30.3 Å². The summed E-state index contributed by atoms with van der Waals surface area (Å²) in [7, 11) is -3.90. The van der Waals surface area contributed by atoms with Crippen molar-refractivity contribution in [1.82, 2.24) is 10.0 Å². The van der Waals surface area contributed by atoms with Crippen LogP contribution in [0.25, 0.3) is 10.8 Å². The van der Waals surface area contributed by atoms with Gasteiger partial charge in [0.1, 0.15) is 4.90 Å². The summed E-state index contributed by atoms with van der Waals surface area (Å²) in [6, 6.07) is 10.4. The Morgan fingerprint density at radius 3 is 2.73 bits per heavy atom. The van der Waals surface area contributed by atoms with Crippen LogP contribution in [0.2, 0.25) is 0 Å². The van der Waals surface area contributed by atoms with Crippen LogP contribution < -0.4 is 10.0 Å². The van der Waals surface area contributed by atoms with Gasteiger partial charge in [0, 0.05) is 8.96 Å². The third-order valence-electron chi connectivity index (χ3n) is 3.71. The Balaban J connectivity index is 2.02. The summed E-state index contributed by atoms with van der Waals surface area (Å²) in [6.07, 6.45) is 1.54. The number of hydrogen-bond donors (Lipinski definition) is 2. The van der Waals surface area contributed by atoms with Crippen molar-refractivity contribution < 1.29 is 13.2 Å². The molecule has 0 aliphatic carbocycles. The van der Waals surface area contributed by atoms with Gasteiger partial charge in [-0.3, -0.25) is 4.79 Å². The van der Waals surface area contributed by atoms with Crippen molar-refractivity contribution in [2.75, 3.05) is 6.54 Å². The monoisotopic (exact) mass is 430 g/mol. The second kappa shape index (κ2) is 6.13. The molecule has 2 N–H and O–H groups in total. The Bertz CT molecular complexity index is 830. The fourth-order valence-corrected chi connectivity index (χ4v) is 5.30. The van der Waals surface area contributed by atoms with Gasteiger partial charge >= 0.3 is 0 Å². The molecule has 7 heteroatoms. The number of sulfonamides is 1. The van der Waals surface area contributed by atoms with Gasteiger partial charge in [-0.25, -0.2) is 13.1 Å². The van der Waals surface area contributed by atoms with Crippen molar-refractivity contribution in [3.63, 3.8) is 0 Å². The zero-order valence-electron chi connectivity index (χ0n) is 11.7. The highest BCUT2D eigenvalue weighted by atomic mass is 127. The zero-order chi connectivity index (χ0) is 15.7. The maximum absolute atomic E-state index is 12.7. The van der Waals surface area contributed by atoms with Crippen LogP contribution in [0, 0.1) is 3.57 Å². The van der Waals surface area contributed by atoms with Crippen LogP contribution in [0.3, 0.4) is 0 Å². The maximum Gasteiger partial charge on any atom is 0.265 e. The maximum atomic E-state index is 12.7. The second-order valence-electron chi connectivity index (χ2n) is 5.22. The van der Waals surface area contributed by atoms with Crippen LogP contribution in [-0.2, 0) is 14.8 Å². The third kappa shape index (κ3) is 2.97. The normalized spacial score (nSPS) is 18.5. The summed E-state index contributed by atoms with van der Waals surface area (Å²) in [4.78, 5) is 12.3. The molecule has 1 amide bonds. The van der Waals surface area contributed by atoms with Crippen LogP contribution in [-0.4, -0.2) is 26.9 Å². The van der Waals surface area contributed by atoms with Crippen molar-refractivity contribution in [2.45, 2.75) is 23.8 Å². The Morgan fingerprint density at radius 1 is 1.23 bits per heavy atom. The number of nitrogens with one attached hydrogen (secondary N) is 2. The molecule has 5 nitrogen and oxygen atoms in total. The molecule has 116 valence electrons. The van der Waals surface area contributed by atoms with E-state index in [1.165, 1.54) is 0 Å². The average molecular weight is 430 g/mol. The van der Waals surface area contributed by atoms with E-state index in [1.807, 2.05) is 40.8 Å². The standard InChI is InChI=1S/C15H15IN2O3S/c16-12-8-7-10-4-1-2-5-11(10)14(12)22(20,21)18-15(19)13-6-3-9-17-13/h1-2,4-5,7-8,13,17H,3,6,9H2,(H,18,19). The molecule has 1 unspecified atom stereocenters. The van der Waals surface area contributed by atoms with Gasteiger partial charge in [0.25, 0.3) is 15.9 Å².